The summed E-state index contributed by atoms with van der Waals surface area (Å²) in [7, 11) is 0. The van der Waals surface area contributed by atoms with E-state index in [9.17, 15) is 14.4 Å². The first-order valence-corrected chi connectivity index (χ1v) is 9.33. The molecule has 2 aliphatic rings. The fourth-order valence-electron chi connectivity index (χ4n) is 3.57. The Kier molecular flexibility index (Phi) is 4.56. The number of carbonyl (C=O) groups is 3. The van der Waals surface area contributed by atoms with Gasteiger partial charge in [-0.15, -0.1) is 5.10 Å². The van der Waals surface area contributed by atoms with E-state index >= 15 is 0 Å². The Hall–Kier alpha value is -2.35. The van der Waals surface area contributed by atoms with Crippen LogP contribution in [0, 0.1) is 13.8 Å². The number of nitrogens with one attached hydrogen (secondary N) is 1. The second-order valence-electron chi connectivity index (χ2n) is 6.60. The number of carbonyl (C=O) groups excluding carboxylic acids is 3. The number of amides is 3. The molecule has 1 atom stereocenters. The molecule has 0 aromatic heterocycles. The molecule has 0 fully saturated rings. The van der Waals surface area contributed by atoms with Gasteiger partial charge in [0.2, 0.25) is 16.7 Å². The van der Waals surface area contributed by atoms with Gasteiger partial charge in [0.1, 0.15) is 0 Å². The molecule has 0 unspecified atom stereocenters. The summed E-state index contributed by atoms with van der Waals surface area (Å²) in [5.74, 6) is -0.852. The third-order valence-corrected chi connectivity index (χ3v) is 5.62. The predicted molar refractivity (Wildman–Crippen MR) is 102 cm³/mol. The lowest BCUT2D eigenvalue weighted by atomic mass is 10.0. The van der Waals surface area contributed by atoms with Crippen LogP contribution in [0.5, 0.6) is 0 Å². The van der Waals surface area contributed by atoms with Crippen LogP contribution >= 0.6 is 11.8 Å². The molecule has 0 saturated heterocycles. The Morgan fingerprint density at radius 2 is 1.96 bits per heavy atom. The van der Waals surface area contributed by atoms with Crippen LogP contribution in [0.15, 0.2) is 17.2 Å². The number of hydrogen-bond acceptors (Lipinski definition) is 5. The van der Waals surface area contributed by atoms with E-state index in [1.165, 1.54) is 18.9 Å². The number of benzene rings is 1. The number of hydrogen-bond donors (Lipinski definition) is 1. The zero-order chi connectivity index (χ0) is 19.2. The maximum absolute atomic E-state index is 13.5. The summed E-state index contributed by atoms with van der Waals surface area (Å²) in [6.07, 6.45) is 0.790. The molecule has 0 bridgehead atoms. The van der Waals surface area contributed by atoms with Crippen LogP contribution in [-0.2, 0) is 19.3 Å². The molecule has 0 saturated carbocycles. The zero-order valence-electron chi connectivity index (χ0n) is 15.5. The maximum Gasteiger partial charge on any atom is 0.270 e. The summed E-state index contributed by atoms with van der Waals surface area (Å²) >= 11 is 1.12. The highest BCUT2D eigenvalue weighted by atomic mass is 32.2. The number of hydrazone groups is 1. The van der Waals surface area contributed by atoms with Crippen molar-refractivity contribution < 1.29 is 14.4 Å². The fraction of sp³-hybridized carbons (Fsp3) is 0.444. The van der Waals surface area contributed by atoms with E-state index in [1.54, 1.807) is 4.90 Å². The van der Waals surface area contributed by atoms with Crippen LogP contribution in [-0.4, -0.2) is 34.4 Å². The molecule has 3 rings (SSSR count). The molecule has 1 N–H and O–H groups in total. The SMILES string of the molecule is CCCN1C(=O)[C@]2(SC(NC(C)=O)=NN2C(C)=O)c2cc(C)cc(C)c21. The second kappa shape index (κ2) is 6.42. The average Bonchev–Trinajstić information content (AvgIpc) is 3.01. The summed E-state index contributed by atoms with van der Waals surface area (Å²) in [5.41, 5.74) is 3.57. The molecule has 1 aromatic carbocycles. The van der Waals surface area contributed by atoms with Gasteiger partial charge in [-0.3, -0.25) is 14.4 Å². The van der Waals surface area contributed by atoms with Gasteiger partial charge in [0, 0.05) is 26.0 Å². The van der Waals surface area contributed by atoms with Gasteiger partial charge in [0.25, 0.3) is 5.91 Å². The first kappa shape index (κ1) is 18.4. The topological polar surface area (TPSA) is 82.1 Å². The number of nitrogens with zero attached hydrogens (tertiary/aromatic N) is 3. The molecule has 2 heterocycles. The lowest BCUT2D eigenvalue weighted by molar-refractivity contribution is -0.139. The molecule has 1 spiro atoms. The number of anilines is 1. The molecule has 0 radical (unpaired) electrons. The molecule has 0 aliphatic carbocycles. The van der Waals surface area contributed by atoms with Gasteiger partial charge in [0.15, 0.2) is 5.17 Å². The van der Waals surface area contributed by atoms with Gasteiger partial charge in [-0.25, -0.2) is 0 Å². The van der Waals surface area contributed by atoms with Crippen molar-refractivity contribution in [1.82, 2.24) is 10.3 Å². The highest BCUT2D eigenvalue weighted by Gasteiger charge is 2.61. The van der Waals surface area contributed by atoms with E-state index in [2.05, 4.69) is 10.4 Å². The average molecular weight is 374 g/mol. The lowest BCUT2D eigenvalue weighted by Crippen LogP contribution is -2.48. The van der Waals surface area contributed by atoms with Crippen LogP contribution in [0.25, 0.3) is 0 Å². The first-order chi connectivity index (χ1) is 12.2. The third-order valence-electron chi connectivity index (χ3n) is 4.38. The summed E-state index contributed by atoms with van der Waals surface area (Å²) in [6.45, 7) is 9.23. The quantitative estimate of drug-likeness (QED) is 0.860. The number of thioether (sulfide) groups is 1. The number of amidine groups is 1. The molecule has 138 valence electrons. The summed E-state index contributed by atoms with van der Waals surface area (Å²) in [6, 6.07) is 3.96. The Morgan fingerprint density at radius 1 is 1.27 bits per heavy atom. The van der Waals surface area contributed by atoms with Crippen LogP contribution in [0.2, 0.25) is 0 Å². The molecular weight excluding hydrogens is 352 g/mol. The fourth-order valence-corrected chi connectivity index (χ4v) is 4.89. The monoisotopic (exact) mass is 374 g/mol. The Labute approximate surface area is 156 Å². The minimum Gasteiger partial charge on any atom is -0.309 e. The van der Waals surface area contributed by atoms with Crippen LogP contribution < -0.4 is 10.2 Å². The number of aryl methyl sites for hydroxylation is 2. The van der Waals surface area contributed by atoms with Crippen molar-refractivity contribution in [2.24, 2.45) is 5.10 Å². The number of fused-ring (bicyclic) bond motifs is 2. The minimum absolute atomic E-state index is 0.202. The molecule has 8 heteroatoms. The largest absolute Gasteiger partial charge is 0.309 e. The smallest absolute Gasteiger partial charge is 0.270 e. The van der Waals surface area contributed by atoms with Gasteiger partial charge in [-0.2, -0.15) is 5.01 Å². The van der Waals surface area contributed by atoms with Crippen molar-refractivity contribution in [3.8, 4) is 0 Å². The number of rotatable bonds is 2. The normalized spacial score (nSPS) is 21.3. The molecular formula is C18H22N4O3S. The van der Waals surface area contributed by atoms with E-state index in [4.69, 9.17) is 0 Å². The van der Waals surface area contributed by atoms with Crippen molar-refractivity contribution in [2.75, 3.05) is 11.4 Å². The highest BCUT2D eigenvalue weighted by molar-refractivity contribution is 8.15. The first-order valence-electron chi connectivity index (χ1n) is 8.52. The van der Waals surface area contributed by atoms with Crippen molar-refractivity contribution in [3.63, 3.8) is 0 Å². The van der Waals surface area contributed by atoms with Crippen molar-refractivity contribution in [2.45, 2.75) is 45.9 Å². The lowest BCUT2D eigenvalue weighted by Gasteiger charge is -2.29. The summed E-state index contributed by atoms with van der Waals surface area (Å²) in [5, 5.41) is 8.33. The van der Waals surface area contributed by atoms with Gasteiger partial charge in [-0.1, -0.05) is 24.6 Å². The van der Waals surface area contributed by atoms with E-state index in [0.29, 0.717) is 6.54 Å². The Morgan fingerprint density at radius 3 is 2.54 bits per heavy atom. The van der Waals surface area contributed by atoms with Crippen molar-refractivity contribution >= 4 is 40.3 Å². The molecule has 26 heavy (non-hydrogen) atoms. The van der Waals surface area contributed by atoms with E-state index in [0.717, 1.165) is 40.6 Å². The Bertz CT molecular complexity index is 851. The van der Waals surface area contributed by atoms with Gasteiger partial charge < -0.3 is 10.2 Å². The second-order valence-corrected chi connectivity index (χ2v) is 7.78. The zero-order valence-corrected chi connectivity index (χ0v) is 16.4. The molecule has 2 aliphatic heterocycles. The van der Waals surface area contributed by atoms with Crippen molar-refractivity contribution in [3.05, 3.63) is 28.8 Å². The summed E-state index contributed by atoms with van der Waals surface area (Å²) in [4.78, 5) is 37.8. The van der Waals surface area contributed by atoms with Gasteiger partial charge in [-0.05, 0) is 37.6 Å². The van der Waals surface area contributed by atoms with E-state index in [1.807, 2.05) is 32.9 Å². The van der Waals surface area contributed by atoms with Gasteiger partial charge >= 0.3 is 0 Å². The predicted octanol–water partition coefficient (Wildman–Crippen LogP) is 2.22. The minimum atomic E-state index is -1.30. The Balaban J connectivity index is 2.22. The van der Waals surface area contributed by atoms with Crippen LogP contribution in [0.1, 0.15) is 43.9 Å². The standard InChI is InChI=1S/C18H22N4O3S/c1-6-7-21-15-11(3)8-10(2)9-14(15)18(16(21)25)22(13(5)24)20-17(26-18)19-12(4)23/h8-9H,6-7H2,1-5H3,(H,19,20,23)/t18-/m1/s1. The van der Waals surface area contributed by atoms with E-state index < -0.39 is 4.87 Å². The van der Waals surface area contributed by atoms with Gasteiger partial charge in [0.05, 0.1) is 5.69 Å². The molecule has 7 nitrogen and oxygen atoms in total. The van der Waals surface area contributed by atoms with Crippen molar-refractivity contribution in [1.29, 1.82) is 0 Å². The van der Waals surface area contributed by atoms with E-state index in [-0.39, 0.29) is 22.9 Å². The molecule has 1 aromatic rings. The maximum atomic E-state index is 13.5. The summed E-state index contributed by atoms with van der Waals surface area (Å²) < 4.78 is 0. The third kappa shape index (κ3) is 2.59. The van der Waals surface area contributed by atoms with Crippen LogP contribution in [0.3, 0.4) is 0 Å². The molecule has 3 amide bonds. The highest BCUT2D eigenvalue weighted by Crippen LogP contribution is 2.55. The van der Waals surface area contributed by atoms with Crippen LogP contribution in [0.4, 0.5) is 5.69 Å².